The Balaban J connectivity index is 4.11. The Morgan fingerprint density at radius 2 is 1.27 bits per heavy atom. The van der Waals surface area contributed by atoms with Gasteiger partial charge in [-0.05, 0) is 44.9 Å². The predicted molar refractivity (Wildman–Crippen MR) is 164 cm³/mol. The van der Waals surface area contributed by atoms with Crippen LogP contribution in [0.3, 0.4) is 0 Å². The highest BCUT2D eigenvalue weighted by molar-refractivity contribution is 7.47. The van der Waals surface area contributed by atoms with Crippen LogP contribution in [0, 0.1) is 0 Å². The molecule has 0 aromatic rings. The number of hydrogen-bond acceptors (Lipinski definition) is 8. The van der Waals surface area contributed by atoms with E-state index in [4.69, 9.17) is 24.3 Å². The summed E-state index contributed by atoms with van der Waals surface area (Å²) in [5.41, 5.74) is 5.28. The third-order valence-corrected chi connectivity index (χ3v) is 7.32. The fourth-order valence-corrected chi connectivity index (χ4v) is 4.72. The number of carbonyl (C=O) groups is 2. The molecule has 0 rings (SSSR count). The van der Waals surface area contributed by atoms with Crippen LogP contribution in [0.5, 0.6) is 0 Å². The molecule has 0 aliphatic heterocycles. The van der Waals surface area contributed by atoms with E-state index >= 15 is 0 Å². The van der Waals surface area contributed by atoms with Crippen LogP contribution in [-0.4, -0.2) is 49.3 Å². The van der Waals surface area contributed by atoms with E-state index in [0.29, 0.717) is 12.8 Å². The summed E-state index contributed by atoms with van der Waals surface area (Å²) in [4.78, 5) is 34.0. The molecule has 240 valence electrons. The third kappa shape index (κ3) is 28.4. The summed E-state index contributed by atoms with van der Waals surface area (Å²) in [6.07, 6.45) is 25.8. The summed E-state index contributed by atoms with van der Waals surface area (Å²) in [7, 11) is -4.35. The van der Waals surface area contributed by atoms with Gasteiger partial charge in [-0.1, -0.05) is 95.9 Å². The van der Waals surface area contributed by atoms with Gasteiger partial charge in [-0.25, -0.2) is 4.57 Å². The Morgan fingerprint density at radius 3 is 1.90 bits per heavy atom. The fourth-order valence-electron chi connectivity index (χ4n) is 3.96. The van der Waals surface area contributed by atoms with E-state index in [1.807, 2.05) is 6.92 Å². The van der Waals surface area contributed by atoms with Crippen molar-refractivity contribution in [1.82, 2.24) is 0 Å². The molecule has 0 saturated carbocycles. The number of esters is 2. The van der Waals surface area contributed by atoms with Crippen LogP contribution in [0.1, 0.15) is 129 Å². The fraction of sp³-hybridized carbons (Fsp3) is 0.806. The lowest BCUT2D eigenvalue weighted by Gasteiger charge is -2.19. The second-order valence-electron chi connectivity index (χ2n) is 10.3. The number of phosphoric acid groups is 1. The molecular weight excluding hydrogens is 545 g/mol. The number of allylic oxidation sites excluding steroid dienone is 4. The van der Waals surface area contributed by atoms with Crippen LogP contribution in [0.2, 0.25) is 0 Å². The predicted octanol–water partition coefficient (Wildman–Crippen LogP) is 7.71. The molecule has 0 aromatic carbocycles. The van der Waals surface area contributed by atoms with Gasteiger partial charge in [0.05, 0.1) is 13.2 Å². The minimum Gasteiger partial charge on any atom is -0.462 e. The normalized spacial score (nSPS) is 14.0. The monoisotopic (exact) mass is 603 g/mol. The molecule has 0 spiro atoms. The van der Waals surface area contributed by atoms with Crippen molar-refractivity contribution in [3.05, 3.63) is 24.3 Å². The van der Waals surface area contributed by atoms with Gasteiger partial charge in [0.2, 0.25) is 0 Å². The number of nitrogens with two attached hydrogens (primary N) is 1. The highest BCUT2D eigenvalue weighted by Gasteiger charge is 2.25. The average molecular weight is 604 g/mol. The number of phosphoric ester groups is 1. The Morgan fingerprint density at radius 1 is 0.732 bits per heavy atom. The molecule has 41 heavy (non-hydrogen) atoms. The zero-order chi connectivity index (χ0) is 30.4. The van der Waals surface area contributed by atoms with Crippen molar-refractivity contribution in [3.8, 4) is 0 Å². The Kier molecular flexibility index (Phi) is 27.5. The van der Waals surface area contributed by atoms with E-state index in [-0.39, 0.29) is 32.6 Å². The molecule has 0 aliphatic carbocycles. The molecule has 0 amide bonds. The molecule has 0 bridgehead atoms. The van der Waals surface area contributed by atoms with E-state index in [9.17, 15) is 19.0 Å². The summed E-state index contributed by atoms with van der Waals surface area (Å²) in [6.45, 7) is 3.48. The molecule has 0 aromatic heterocycles. The maximum atomic E-state index is 12.4. The van der Waals surface area contributed by atoms with Gasteiger partial charge in [0, 0.05) is 19.4 Å². The molecule has 10 heteroatoms. The minimum atomic E-state index is -4.35. The molecule has 2 atom stereocenters. The topological polar surface area (TPSA) is 134 Å². The van der Waals surface area contributed by atoms with Gasteiger partial charge < -0.3 is 20.1 Å². The highest BCUT2D eigenvalue weighted by atomic mass is 31.2. The SMILES string of the molecule is CCCCC/C=C\C/C=C\CCCCCCCCCC(=O)OC(COC(=O)CCCCC)COP(=O)(O)OCCN. The molecule has 0 saturated heterocycles. The number of hydrogen-bond donors (Lipinski definition) is 2. The van der Waals surface area contributed by atoms with Crippen molar-refractivity contribution in [1.29, 1.82) is 0 Å². The Labute approximate surface area is 249 Å². The third-order valence-electron chi connectivity index (χ3n) is 6.34. The van der Waals surface area contributed by atoms with Gasteiger partial charge in [0.25, 0.3) is 0 Å². The van der Waals surface area contributed by atoms with E-state index in [0.717, 1.165) is 44.9 Å². The molecule has 9 nitrogen and oxygen atoms in total. The van der Waals surface area contributed by atoms with Crippen molar-refractivity contribution in [2.24, 2.45) is 5.73 Å². The Bertz CT molecular complexity index is 744. The summed E-state index contributed by atoms with van der Waals surface area (Å²) in [5, 5.41) is 0. The van der Waals surface area contributed by atoms with Gasteiger partial charge in [-0.15, -0.1) is 0 Å². The van der Waals surface area contributed by atoms with Crippen LogP contribution in [0.25, 0.3) is 0 Å². The molecule has 0 radical (unpaired) electrons. The highest BCUT2D eigenvalue weighted by Crippen LogP contribution is 2.43. The van der Waals surface area contributed by atoms with E-state index < -0.39 is 32.5 Å². The maximum absolute atomic E-state index is 12.4. The van der Waals surface area contributed by atoms with Gasteiger partial charge in [0.1, 0.15) is 6.61 Å². The van der Waals surface area contributed by atoms with Gasteiger partial charge in [0.15, 0.2) is 6.10 Å². The lowest BCUT2D eigenvalue weighted by Crippen LogP contribution is -2.29. The number of carbonyl (C=O) groups excluding carboxylic acids is 2. The van der Waals surface area contributed by atoms with E-state index in [1.165, 1.54) is 44.9 Å². The lowest BCUT2D eigenvalue weighted by atomic mass is 10.1. The van der Waals surface area contributed by atoms with Crippen molar-refractivity contribution in [2.75, 3.05) is 26.4 Å². The van der Waals surface area contributed by atoms with Gasteiger partial charge >= 0.3 is 19.8 Å². The van der Waals surface area contributed by atoms with Crippen molar-refractivity contribution < 1.29 is 37.6 Å². The first-order chi connectivity index (χ1) is 19.8. The van der Waals surface area contributed by atoms with Crippen LogP contribution < -0.4 is 5.73 Å². The first kappa shape index (κ1) is 39.5. The van der Waals surface area contributed by atoms with Crippen LogP contribution >= 0.6 is 7.82 Å². The molecule has 0 aliphatic rings. The largest absolute Gasteiger partial charge is 0.472 e. The van der Waals surface area contributed by atoms with Gasteiger partial charge in [-0.3, -0.25) is 18.6 Å². The van der Waals surface area contributed by atoms with Gasteiger partial charge in [-0.2, -0.15) is 0 Å². The quantitative estimate of drug-likeness (QED) is 0.0381. The van der Waals surface area contributed by atoms with Crippen molar-refractivity contribution in [2.45, 2.75) is 136 Å². The summed E-state index contributed by atoms with van der Waals surface area (Å²) < 4.78 is 32.1. The van der Waals surface area contributed by atoms with Crippen LogP contribution in [-0.2, 0) is 32.7 Å². The molecule has 2 unspecified atom stereocenters. The number of rotatable bonds is 29. The second-order valence-corrected chi connectivity index (χ2v) is 11.8. The zero-order valence-corrected chi connectivity index (χ0v) is 26.7. The average Bonchev–Trinajstić information content (AvgIpc) is 2.95. The van der Waals surface area contributed by atoms with E-state index in [1.54, 1.807) is 0 Å². The zero-order valence-electron chi connectivity index (χ0n) is 25.8. The molecule has 0 fully saturated rings. The summed E-state index contributed by atoms with van der Waals surface area (Å²) >= 11 is 0. The van der Waals surface area contributed by atoms with E-state index in [2.05, 4.69) is 31.2 Å². The van der Waals surface area contributed by atoms with Crippen molar-refractivity contribution >= 4 is 19.8 Å². The molecule has 3 N–H and O–H groups in total. The van der Waals surface area contributed by atoms with Crippen molar-refractivity contribution in [3.63, 3.8) is 0 Å². The Hall–Kier alpha value is -1.51. The standard InChI is InChI=1S/C31H58NO8P/c1-3-5-7-8-9-10-11-12-13-14-15-16-17-18-19-20-22-24-31(34)40-29(27-37-30(33)23-21-6-4-2)28-39-41(35,36)38-26-25-32/h9-10,12-13,29H,3-8,11,14-28,32H2,1-2H3,(H,35,36)/b10-9-,13-12-. The number of ether oxygens (including phenoxy) is 2. The second kappa shape index (κ2) is 28.6. The lowest BCUT2D eigenvalue weighted by molar-refractivity contribution is -0.161. The van der Waals surface area contributed by atoms with Crippen LogP contribution in [0.4, 0.5) is 0 Å². The first-order valence-electron chi connectivity index (χ1n) is 15.8. The number of unbranched alkanes of at least 4 members (excludes halogenated alkanes) is 12. The summed E-state index contributed by atoms with van der Waals surface area (Å²) in [5.74, 6) is -0.869. The van der Waals surface area contributed by atoms with Crippen LogP contribution in [0.15, 0.2) is 24.3 Å². The smallest absolute Gasteiger partial charge is 0.462 e. The molecular formula is C31H58NO8P. The molecule has 0 heterocycles. The first-order valence-corrected chi connectivity index (χ1v) is 17.3. The summed E-state index contributed by atoms with van der Waals surface area (Å²) in [6, 6.07) is 0. The minimum absolute atomic E-state index is 0.0520. The maximum Gasteiger partial charge on any atom is 0.472 e.